The van der Waals surface area contributed by atoms with Gasteiger partial charge in [-0.3, -0.25) is 0 Å². The average molecular weight is 275 g/mol. The first-order valence-corrected chi connectivity index (χ1v) is 8.78. The molecule has 1 aliphatic heterocycles. The minimum absolute atomic E-state index is 0.0639. The molecule has 0 aromatic heterocycles. The Hall–Kier alpha value is -0.550. The number of ether oxygens (including phenoxy) is 1. The second-order valence-corrected chi connectivity index (χ2v) is 7.64. The first-order valence-electron chi connectivity index (χ1n) is 8.78. The molecule has 3 fully saturated rings. The Morgan fingerprint density at radius 3 is 2.55 bits per heavy atom. The predicted molar refractivity (Wildman–Crippen MR) is 80.2 cm³/mol. The monoisotopic (exact) mass is 275 g/mol. The molecule has 112 valence electrons. The van der Waals surface area contributed by atoms with Gasteiger partial charge in [-0.05, 0) is 57.3 Å². The van der Waals surface area contributed by atoms with Gasteiger partial charge in [-0.2, -0.15) is 5.26 Å². The molecule has 2 heteroatoms. The van der Waals surface area contributed by atoms with Gasteiger partial charge in [0.05, 0.1) is 23.2 Å². The van der Waals surface area contributed by atoms with Crippen LogP contribution in [0.25, 0.3) is 0 Å². The number of rotatable bonds is 3. The Morgan fingerprint density at radius 1 is 1.10 bits per heavy atom. The van der Waals surface area contributed by atoms with Crippen molar-refractivity contribution in [3.8, 4) is 6.07 Å². The van der Waals surface area contributed by atoms with E-state index < -0.39 is 0 Å². The Kier molecular flexibility index (Phi) is 4.09. The highest BCUT2D eigenvalue weighted by atomic mass is 16.5. The fraction of sp³-hybridized carbons (Fsp3) is 0.944. The molecule has 20 heavy (non-hydrogen) atoms. The summed E-state index contributed by atoms with van der Waals surface area (Å²) in [6.07, 6.45) is 15.1. The largest absolute Gasteiger partial charge is 0.372 e. The molecule has 0 aromatic rings. The lowest BCUT2D eigenvalue weighted by Gasteiger charge is -2.34. The van der Waals surface area contributed by atoms with Crippen molar-refractivity contribution in [3.05, 3.63) is 0 Å². The van der Waals surface area contributed by atoms with Crippen LogP contribution in [0.5, 0.6) is 0 Å². The highest BCUT2D eigenvalue weighted by molar-refractivity contribution is 5.06. The van der Waals surface area contributed by atoms with E-state index >= 15 is 0 Å². The SMILES string of the molecule is CCC1CCC(C#N)(CC2CCC3(CCCCC3)O2)C1. The smallest absolute Gasteiger partial charge is 0.0690 e. The summed E-state index contributed by atoms with van der Waals surface area (Å²) in [5.74, 6) is 0.777. The third kappa shape index (κ3) is 2.75. The molecule has 0 N–H and O–H groups in total. The lowest BCUT2D eigenvalue weighted by molar-refractivity contribution is -0.0732. The molecule has 3 unspecified atom stereocenters. The van der Waals surface area contributed by atoms with Crippen molar-refractivity contribution in [2.45, 2.75) is 95.7 Å². The maximum atomic E-state index is 9.69. The topological polar surface area (TPSA) is 33.0 Å². The summed E-state index contributed by atoms with van der Waals surface area (Å²) in [4.78, 5) is 0. The van der Waals surface area contributed by atoms with Gasteiger partial charge >= 0.3 is 0 Å². The molecule has 1 heterocycles. The van der Waals surface area contributed by atoms with E-state index in [1.807, 2.05) is 0 Å². The summed E-state index contributed by atoms with van der Waals surface area (Å²) in [5, 5.41) is 9.69. The summed E-state index contributed by atoms with van der Waals surface area (Å²) in [6, 6.07) is 2.68. The lowest BCUT2D eigenvalue weighted by atomic mass is 9.80. The quantitative estimate of drug-likeness (QED) is 0.728. The molecule has 0 radical (unpaired) electrons. The molecule has 0 bridgehead atoms. The summed E-state index contributed by atoms with van der Waals surface area (Å²) in [6.45, 7) is 2.27. The van der Waals surface area contributed by atoms with Crippen LogP contribution in [0.15, 0.2) is 0 Å². The van der Waals surface area contributed by atoms with Crippen LogP contribution in [0.1, 0.15) is 84.0 Å². The van der Waals surface area contributed by atoms with Crippen molar-refractivity contribution in [1.82, 2.24) is 0 Å². The zero-order valence-corrected chi connectivity index (χ0v) is 13.0. The molecule has 0 amide bonds. The molecular formula is C18H29NO. The van der Waals surface area contributed by atoms with Crippen LogP contribution in [-0.4, -0.2) is 11.7 Å². The Balaban J connectivity index is 1.60. The van der Waals surface area contributed by atoms with Gasteiger partial charge in [0.1, 0.15) is 0 Å². The van der Waals surface area contributed by atoms with Gasteiger partial charge in [0.2, 0.25) is 0 Å². The van der Waals surface area contributed by atoms with Crippen LogP contribution in [0, 0.1) is 22.7 Å². The molecule has 1 saturated heterocycles. The fourth-order valence-corrected chi connectivity index (χ4v) is 4.96. The van der Waals surface area contributed by atoms with Gasteiger partial charge in [0.15, 0.2) is 0 Å². The molecule has 2 saturated carbocycles. The van der Waals surface area contributed by atoms with Gasteiger partial charge in [-0.25, -0.2) is 0 Å². The summed E-state index contributed by atoms with van der Waals surface area (Å²) >= 11 is 0. The van der Waals surface area contributed by atoms with Crippen molar-refractivity contribution in [2.24, 2.45) is 11.3 Å². The molecule has 3 rings (SSSR count). The van der Waals surface area contributed by atoms with Crippen LogP contribution < -0.4 is 0 Å². The standard InChI is InChI=1S/C18H29NO/c1-2-15-6-10-17(12-15,14-19)13-16-7-11-18(20-16)8-4-3-5-9-18/h15-16H,2-13H2,1H3. The Labute approximate surface area is 123 Å². The Bertz CT molecular complexity index is 379. The van der Waals surface area contributed by atoms with Gasteiger partial charge in [-0.15, -0.1) is 0 Å². The normalized spacial score (nSPS) is 40.0. The minimum atomic E-state index is -0.0639. The highest BCUT2D eigenvalue weighted by Crippen LogP contribution is 2.50. The van der Waals surface area contributed by atoms with Gasteiger partial charge < -0.3 is 4.74 Å². The second kappa shape index (κ2) is 5.68. The van der Waals surface area contributed by atoms with Crippen LogP contribution in [0.2, 0.25) is 0 Å². The molecule has 3 atom stereocenters. The van der Waals surface area contributed by atoms with E-state index in [1.54, 1.807) is 0 Å². The first-order chi connectivity index (χ1) is 9.69. The van der Waals surface area contributed by atoms with Crippen LogP contribution in [0.3, 0.4) is 0 Å². The molecule has 1 spiro atoms. The van der Waals surface area contributed by atoms with Crippen molar-refractivity contribution in [2.75, 3.05) is 0 Å². The van der Waals surface area contributed by atoms with Crippen molar-refractivity contribution in [3.63, 3.8) is 0 Å². The van der Waals surface area contributed by atoms with E-state index in [0.717, 1.165) is 25.2 Å². The van der Waals surface area contributed by atoms with E-state index in [4.69, 9.17) is 4.74 Å². The summed E-state index contributed by atoms with van der Waals surface area (Å²) in [5.41, 5.74) is 0.147. The van der Waals surface area contributed by atoms with E-state index in [2.05, 4.69) is 13.0 Å². The van der Waals surface area contributed by atoms with E-state index in [9.17, 15) is 5.26 Å². The molecule has 3 aliphatic rings. The number of hydrogen-bond acceptors (Lipinski definition) is 2. The molecule has 2 aliphatic carbocycles. The highest BCUT2D eigenvalue weighted by Gasteiger charge is 2.46. The predicted octanol–water partition coefficient (Wildman–Crippen LogP) is 4.98. The van der Waals surface area contributed by atoms with Crippen LogP contribution in [0.4, 0.5) is 0 Å². The molecular weight excluding hydrogens is 246 g/mol. The number of nitrogens with zero attached hydrogens (tertiary/aromatic N) is 1. The van der Waals surface area contributed by atoms with Gasteiger partial charge in [-0.1, -0.05) is 32.6 Å². The van der Waals surface area contributed by atoms with Crippen molar-refractivity contribution >= 4 is 0 Å². The van der Waals surface area contributed by atoms with Gasteiger partial charge in [0, 0.05) is 0 Å². The van der Waals surface area contributed by atoms with E-state index in [0.29, 0.717) is 6.10 Å². The van der Waals surface area contributed by atoms with Crippen LogP contribution >= 0.6 is 0 Å². The van der Waals surface area contributed by atoms with Crippen molar-refractivity contribution in [1.29, 1.82) is 5.26 Å². The summed E-state index contributed by atoms with van der Waals surface area (Å²) < 4.78 is 6.50. The number of nitriles is 1. The minimum Gasteiger partial charge on any atom is -0.372 e. The third-order valence-electron chi connectivity index (χ3n) is 6.25. The zero-order chi connectivity index (χ0) is 14.1. The summed E-state index contributed by atoms with van der Waals surface area (Å²) in [7, 11) is 0. The first kappa shape index (κ1) is 14.4. The van der Waals surface area contributed by atoms with Crippen LogP contribution in [-0.2, 0) is 4.74 Å². The van der Waals surface area contributed by atoms with Gasteiger partial charge in [0.25, 0.3) is 0 Å². The van der Waals surface area contributed by atoms with Crippen molar-refractivity contribution < 1.29 is 4.74 Å². The lowest BCUT2D eigenvalue weighted by Crippen LogP contribution is -2.33. The average Bonchev–Trinajstić information content (AvgIpc) is 3.06. The van der Waals surface area contributed by atoms with E-state index in [-0.39, 0.29) is 11.0 Å². The van der Waals surface area contributed by atoms with E-state index in [1.165, 1.54) is 57.8 Å². The number of hydrogen-bond donors (Lipinski definition) is 0. The maximum Gasteiger partial charge on any atom is 0.0690 e. The zero-order valence-electron chi connectivity index (χ0n) is 13.0. The third-order valence-corrected chi connectivity index (χ3v) is 6.25. The maximum absolute atomic E-state index is 9.69. The molecule has 2 nitrogen and oxygen atoms in total. The molecule has 0 aromatic carbocycles. The fourth-order valence-electron chi connectivity index (χ4n) is 4.96. The Morgan fingerprint density at radius 2 is 1.90 bits per heavy atom. The second-order valence-electron chi connectivity index (χ2n) is 7.64.